The highest BCUT2D eigenvalue weighted by atomic mass is 19.3. The number of ether oxygens (including phenoxy) is 1. The fraction of sp³-hybridized carbons (Fsp3) is 0.421. The molecule has 9 heteroatoms. The number of carbonyl (C=O) groups is 2. The molecule has 2 aromatic rings. The second kappa shape index (κ2) is 9.29. The van der Waals surface area contributed by atoms with Crippen LogP contribution < -0.4 is 10.1 Å². The molecule has 0 saturated carbocycles. The summed E-state index contributed by atoms with van der Waals surface area (Å²) in [7, 11) is 0. The summed E-state index contributed by atoms with van der Waals surface area (Å²) in [6.45, 7) is -1.37. The van der Waals surface area contributed by atoms with E-state index in [4.69, 9.17) is 0 Å². The maximum Gasteiger partial charge on any atom is 0.387 e. The minimum Gasteiger partial charge on any atom is -0.435 e. The molecule has 28 heavy (non-hydrogen) atoms. The van der Waals surface area contributed by atoms with E-state index in [2.05, 4.69) is 15.0 Å². The molecule has 0 radical (unpaired) electrons. The maximum absolute atomic E-state index is 12.5. The van der Waals surface area contributed by atoms with Crippen LogP contribution in [-0.2, 0) is 22.7 Å². The lowest BCUT2D eigenvalue weighted by Gasteiger charge is -2.24. The van der Waals surface area contributed by atoms with Gasteiger partial charge in [0.15, 0.2) is 0 Å². The molecule has 0 spiro atoms. The van der Waals surface area contributed by atoms with Crippen LogP contribution in [0.15, 0.2) is 43.0 Å². The van der Waals surface area contributed by atoms with E-state index in [1.165, 1.54) is 17.0 Å². The molecule has 1 aliphatic heterocycles. The zero-order valence-corrected chi connectivity index (χ0v) is 15.3. The number of aromatic nitrogens is 2. The molecule has 0 aliphatic carbocycles. The topological polar surface area (TPSA) is 76.5 Å². The second-order valence-corrected chi connectivity index (χ2v) is 6.54. The number of aryl methyl sites for hydroxylation is 1. The van der Waals surface area contributed by atoms with Gasteiger partial charge in [0.1, 0.15) is 11.8 Å². The van der Waals surface area contributed by atoms with E-state index in [9.17, 15) is 18.4 Å². The van der Waals surface area contributed by atoms with Crippen molar-refractivity contribution in [3.8, 4) is 5.75 Å². The van der Waals surface area contributed by atoms with Crippen molar-refractivity contribution in [2.75, 3.05) is 6.54 Å². The standard InChI is InChI=1S/C19H22F2N4O3/c20-19(21)28-15-4-2-14(3-5-15)12-25-16(6-7-17(25)26)18(27)23-8-1-10-24-11-9-22-13-24/h2-5,9,11,13,16,19H,1,6-8,10,12H2,(H,23,27)/t16-/m0/s1. The number of alkyl halides is 2. The Kier molecular flexibility index (Phi) is 6.57. The predicted octanol–water partition coefficient (Wildman–Crippen LogP) is 2.18. The first kappa shape index (κ1) is 19.8. The SMILES string of the molecule is O=C(NCCCn1ccnc1)[C@@H]1CCC(=O)N1Cc1ccc(OC(F)F)cc1. The molecule has 1 aromatic heterocycles. The fourth-order valence-electron chi connectivity index (χ4n) is 3.19. The Morgan fingerprint density at radius 3 is 2.79 bits per heavy atom. The van der Waals surface area contributed by atoms with Crippen LogP contribution in [0.25, 0.3) is 0 Å². The van der Waals surface area contributed by atoms with Gasteiger partial charge in [0.2, 0.25) is 11.8 Å². The zero-order chi connectivity index (χ0) is 19.9. The van der Waals surface area contributed by atoms with E-state index in [1.54, 1.807) is 24.7 Å². The molecule has 2 heterocycles. The van der Waals surface area contributed by atoms with Gasteiger partial charge in [-0.05, 0) is 30.5 Å². The number of benzene rings is 1. The average Bonchev–Trinajstić information content (AvgIpc) is 3.30. The van der Waals surface area contributed by atoms with Crippen molar-refractivity contribution in [1.29, 1.82) is 0 Å². The van der Waals surface area contributed by atoms with Gasteiger partial charge in [-0.15, -0.1) is 0 Å². The lowest BCUT2D eigenvalue weighted by Crippen LogP contribution is -2.44. The Morgan fingerprint density at radius 2 is 2.11 bits per heavy atom. The molecule has 0 bridgehead atoms. The maximum atomic E-state index is 12.5. The minimum atomic E-state index is -2.88. The molecule has 7 nitrogen and oxygen atoms in total. The van der Waals surface area contributed by atoms with Crippen molar-refractivity contribution in [3.05, 3.63) is 48.5 Å². The van der Waals surface area contributed by atoms with Crippen LogP contribution in [0.1, 0.15) is 24.8 Å². The van der Waals surface area contributed by atoms with Crippen LogP contribution in [0.2, 0.25) is 0 Å². The Labute approximate surface area is 161 Å². The van der Waals surface area contributed by atoms with Crippen LogP contribution in [0.4, 0.5) is 8.78 Å². The van der Waals surface area contributed by atoms with Crippen LogP contribution in [-0.4, -0.2) is 45.5 Å². The lowest BCUT2D eigenvalue weighted by atomic mass is 10.1. The van der Waals surface area contributed by atoms with E-state index < -0.39 is 12.7 Å². The van der Waals surface area contributed by atoms with Crippen LogP contribution in [0, 0.1) is 0 Å². The van der Waals surface area contributed by atoms with Gasteiger partial charge in [-0.3, -0.25) is 9.59 Å². The largest absolute Gasteiger partial charge is 0.435 e. The number of amides is 2. The molecular weight excluding hydrogens is 370 g/mol. The minimum absolute atomic E-state index is 0.0543. The van der Waals surface area contributed by atoms with E-state index in [1.807, 2.05) is 10.8 Å². The Balaban J connectivity index is 1.51. The van der Waals surface area contributed by atoms with Crippen molar-refractivity contribution >= 4 is 11.8 Å². The molecule has 1 aromatic carbocycles. The molecule has 1 atom stereocenters. The highest BCUT2D eigenvalue weighted by molar-refractivity contribution is 5.90. The molecule has 0 unspecified atom stereocenters. The molecule has 1 aliphatic rings. The van der Waals surface area contributed by atoms with Gasteiger partial charge in [-0.25, -0.2) is 4.98 Å². The number of likely N-dealkylation sites (tertiary alicyclic amines) is 1. The lowest BCUT2D eigenvalue weighted by molar-refractivity contribution is -0.135. The van der Waals surface area contributed by atoms with Gasteiger partial charge in [0, 0.05) is 38.4 Å². The molecule has 150 valence electrons. The van der Waals surface area contributed by atoms with E-state index in [-0.39, 0.29) is 24.1 Å². The zero-order valence-electron chi connectivity index (χ0n) is 15.3. The third-order valence-electron chi connectivity index (χ3n) is 4.58. The van der Waals surface area contributed by atoms with Crippen molar-refractivity contribution < 1.29 is 23.1 Å². The molecule has 1 N–H and O–H groups in total. The summed E-state index contributed by atoms with van der Waals surface area (Å²) in [5, 5.41) is 2.88. The summed E-state index contributed by atoms with van der Waals surface area (Å²) in [6, 6.07) is 5.56. The third kappa shape index (κ3) is 5.28. The molecule has 1 saturated heterocycles. The van der Waals surface area contributed by atoms with Gasteiger partial charge >= 0.3 is 6.61 Å². The van der Waals surface area contributed by atoms with Gasteiger partial charge < -0.3 is 19.5 Å². The number of rotatable bonds is 9. The number of imidazole rings is 1. The molecule has 1 fully saturated rings. The Bertz CT molecular complexity index is 781. The number of nitrogens with zero attached hydrogens (tertiary/aromatic N) is 3. The smallest absolute Gasteiger partial charge is 0.387 e. The number of hydrogen-bond donors (Lipinski definition) is 1. The second-order valence-electron chi connectivity index (χ2n) is 6.54. The van der Waals surface area contributed by atoms with Crippen LogP contribution >= 0.6 is 0 Å². The van der Waals surface area contributed by atoms with Gasteiger partial charge in [0.25, 0.3) is 0 Å². The number of carbonyl (C=O) groups excluding carboxylic acids is 2. The number of halogens is 2. The van der Waals surface area contributed by atoms with E-state index >= 15 is 0 Å². The normalized spacial score (nSPS) is 16.6. The number of nitrogens with one attached hydrogen (secondary N) is 1. The first-order chi connectivity index (χ1) is 13.5. The molecular formula is C19H22F2N4O3. The third-order valence-corrected chi connectivity index (χ3v) is 4.58. The predicted molar refractivity (Wildman–Crippen MR) is 96.5 cm³/mol. The first-order valence-corrected chi connectivity index (χ1v) is 9.09. The van der Waals surface area contributed by atoms with Crippen molar-refractivity contribution in [2.24, 2.45) is 0 Å². The van der Waals surface area contributed by atoms with E-state index in [0.717, 1.165) is 18.5 Å². The van der Waals surface area contributed by atoms with Crippen LogP contribution in [0.3, 0.4) is 0 Å². The summed E-state index contributed by atoms with van der Waals surface area (Å²) in [5.41, 5.74) is 0.745. The summed E-state index contributed by atoms with van der Waals surface area (Å²) >= 11 is 0. The number of hydrogen-bond acceptors (Lipinski definition) is 4. The van der Waals surface area contributed by atoms with Crippen molar-refractivity contribution in [1.82, 2.24) is 19.8 Å². The Morgan fingerprint density at radius 1 is 1.32 bits per heavy atom. The Hall–Kier alpha value is -2.97. The average molecular weight is 392 g/mol. The van der Waals surface area contributed by atoms with Crippen LogP contribution in [0.5, 0.6) is 5.75 Å². The van der Waals surface area contributed by atoms with Gasteiger partial charge in [-0.2, -0.15) is 8.78 Å². The van der Waals surface area contributed by atoms with Crippen molar-refractivity contribution in [2.45, 2.75) is 45.0 Å². The summed E-state index contributed by atoms with van der Waals surface area (Å²) in [5.74, 6) is -0.209. The summed E-state index contributed by atoms with van der Waals surface area (Å²) in [4.78, 5) is 30.2. The highest BCUT2D eigenvalue weighted by Crippen LogP contribution is 2.23. The van der Waals surface area contributed by atoms with Gasteiger partial charge in [0.05, 0.1) is 6.33 Å². The van der Waals surface area contributed by atoms with Gasteiger partial charge in [-0.1, -0.05) is 12.1 Å². The monoisotopic (exact) mass is 392 g/mol. The highest BCUT2D eigenvalue weighted by Gasteiger charge is 2.35. The molecule has 2 amide bonds. The van der Waals surface area contributed by atoms with Crippen molar-refractivity contribution in [3.63, 3.8) is 0 Å². The fourth-order valence-corrected chi connectivity index (χ4v) is 3.19. The summed E-state index contributed by atoms with van der Waals surface area (Å²) in [6.07, 6.45) is 6.83. The van der Waals surface area contributed by atoms with E-state index in [0.29, 0.717) is 19.4 Å². The quantitative estimate of drug-likeness (QED) is 0.664. The first-order valence-electron chi connectivity index (χ1n) is 9.09. The summed E-state index contributed by atoms with van der Waals surface area (Å²) < 4.78 is 30.7. The molecule has 3 rings (SSSR count).